The molecule has 2 atom stereocenters. The van der Waals surface area contributed by atoms with Gasteiger partial charge in [0.1, 0.15) is 0 Å². The van der Waals surface area contributed by atoms with Gasteiger partial charge in [0, 0.05) is 23.6 Å². The summed E-state index contributed by atoms with van der Waals surface area (Å²) in [4.78, 5) is 11.9. The summed E-state index contributed by atoms with van der Waals surface area (Å²) in [5.41, 5.74) is 1.35. The molecule has 1 aliphatic rings. The van der Waals surface area contributed by atoms with Gasteiger partial charge in [0.15, 0.2) is 0 Å². The Labute approximate surface area is 135 Å². The molecule has 4 heteroatoms. The van der Waals surface area contributed by atoms with E-state index >= 15 is 0 Å². The lowest BCUT2D eigenvalue weighted by Crippen LogP contribution is -2.32. The van der Waals surface area contributed by atoms with E-state index in [9.17, 15) is 9.90 Å². The summed E-state index contributed by atoms with van der Waals surface area (Å²) in [5.74, 6) is 0.364. The Morgan fingerprint density at radius 1 is 1.32 bits per heavy atom. The predicted molar refractivity (Wildman–Crippen MR) is 91.1 cm³/mol. The van der Waals surface area contributed by atoms with Crippen LogP contribution >= 0.6 is 11.3 Å². The van der Waals surface area contributed by atoms with E-state index in [1.165, 1.54) is 15.6 Å². The molecular formula is C18H23NO2S. The van der Waals surface area contributed by atoms with E-state index in [1.54, 1.807) is 11.3 Å². The van der Waals surface area contributed by atoms with Crippen molar-refractivity contribution in [2.75, 3.05) is 6.54 Å². The molecule has 1 fully saturated rings. The van der Waals surface area contributed by atoms with Crippen molar-refractivity contribution in [2.24, 2.45) is 5.92 Å². The summed E-state index contributed by atoms with van der Waals surface area (Å²) in [6.07, 6.45) is 5.15. The van der Waals surface area contributed by atoms with Crippen LogP contribution < -0.4 is 5.32 Å². The summed E-state index contributed by atoms with van der Waals surface area (Å²) in [5, 5.41) is 16.3. The minimum Gasteiger partial charge on any atom is -0.393 e. The SMILES string of the molecule is O=C(CCCc1csc2ccccc12)NCC1CCCC1O. The molecule has 0 aliphatic heterocycles. The zero-order valence-electron chi connectivity index (χ0n) is 12.8. The standard InChI is InChI=1S/C18H23NO2S/c20-16-8-3-5-13(16)11-19-18(21)10-4-6-14-12-22-17-9-2-1-7-15(14)17/h1-2,7,9,12-13,16,20H,3-6,8,10-11H2,(H,19,21). The molecule has 2 N–H and O–H groups in total. The molecule has 3 nitrogen and oxygen atoms in total. The van der Waals surface area contributed by atoms with Crippen molar-refractivity contribution in [1.29, 1.82) is 0 Å². The van der Waals surface area contributed by atoms with Crippen molar-refractivity contribution < 1.29 is 9.90 Å². The summed E-state index contributed by atoms with van der Waals surface area (Å²) in [7, 11) is 0. The highest BCUT2D eigenvalue weighted by Gasteiger charge is 2.25. The van der Waals surface area contributed by atoms with Crippen molar-refractivity contribution in [3.63, 3.8) is 0 Å². The van der Waals surface area contributed by atoms with Crippen LogP contribution in [0.3, 0.4) is 0 Å². The quantitative estimate of drug-likeness (QED) is 0.856. The number of hydrogen-bond donors (Lipinski definition) is 2. The lowest BCUT2D eigenvalue weighted by molar-refractivity contribution is -0.121. The van der Waals surface area contributed by atoms with Gasteiger partial charge in [-0.15, -0.1) is 11.3 Å². The highest BCUT2D eigenvalue weighted by Crippen LogP contribution is 2.27. The Morgan fingerprint density at radius 2 is 2.18 bits per heavy atom. The maximum atomic E-state index is 11.9. The summed E-state index contributed by atoms with van der Waals surface area (Å²) in [6.45, 7) is 0.626. The molecule has 1 heterocycles. The van der Waals surface area contributed by atoms with Gasteiger partial charge in [-0.25, -0.2) is 0 Å². The number of nitrogens with one attached hydrogen (secondary N) is 1. The second-order valence-corrected chi connectivity index (χ2v) is 7.08. The Morgan fingerprint density at radius 3 is 3.00 bits per heavy atom. The van der Waals surface area contributed by atoms with Crippen LogP contribution in [0.5, 0.6) is 0 Å². The van der Waals surface area contributed by atoms with Gasteiger partial charge in [0.2, 0.25) is 5.91 Å². The number of benzene rings is 1. The van der Waals surface area contributed by atoms with Gasteiger partial charge in [-0.1, -0.05) is 24.6 Å². The number of fused-ring (bicyclic) bond motifs is 1. The lowest BCUT2D eigenvalue weighted by atomic mass is 10.1. The topological polar surface area (TPSA) is 49.3 Å². The van der Waals surface area contributed by atoms with Crippen LogP contribution in [0.1, 0.15) is 37.7 Å². The molecule has 0 radical (unpaired) electrons. The number of carbonyl (C=O) groups excluding carboxylic acids is 1. The highest BCUT2D eigenvalue weighted by atomic mass is 32.1. The smallest absolute Gasteiger partial charge is 0.220 e. The molecule has 2 aromatic rings. The van der Waals surface area contributed by atoms with Crippen LogP contribution in [0.25, 0.3) is 10.1 Å². The van der Waals surface area contributed by atoms with E-state index < -0.39 is 0 Å². The first-order valence-corrected chi connectivity index (χ1v) is 9.02. The predicted octanol–water partition coefficient (Wildman–Crippen LogP) is 3.50. The van der Waals surface area contributed by atoms with E-state index in [1.807, 2.05) is 0 Å². The van der Waals surface area contributed by atoms with E-state index in [4.69, 9.17) is 0 Å². The zero-order valence-corrected chi connectivity index (χ0v) is 13.6. The summed E-state index contributed by atoms with van der Waals surface area (Å²) < 4.78 is 1.32. The average Bonchev–Trinajstić information content (AvgIpc) is 3.12. The second kappa shape index (κ2) is 7.25. The number of aliphatic hydroxyl groups is 1. The molecule has 1 aromatic carbocycles. The van der Waals surface area contributed by atoms with Crippen LogP contribution in [0.4, 0.5) is 0 Å². The molecule has 22 heavy (non-hydrogen) atoms. The van der Waals surface area contributed by atoms with Crippen LogP contribution in [-0.2, 0) is 11.2 Å². The van der Waals surface area contributed by atoms with Gasteiger partial charge in [0.25, 0.3) is 0 Å². The number of aliphatic hydroxyl groups excluding tert-OH is 1. The summed E-state index contributed by atoms with van der Waals surface area (Å²) >= 11 is 1.77. The fourth-order valence-corrected chi connectivity index (χ4v) is 4.25. The van der Waals surface area contributed by atoms with Crippen molar-refractivity contribution in [3.8, 4) is 0 Å². The third kappa shape index (κ3) is 3.68. The zero-order chi connectivity index (χ0) is 15.4. The fourth-order valence-electron chi connectivity index (χ4n) is 3.25. The van der Waals surface area contributed by atoms with Gasteiger partial charge in [0.05, 0.1) is 6.10 Å². The normalized spacial score (nSPS) is 21.3. The molecular weight excluding hydrogens is 294 g/mol. The van der Waals surface area contributed by atoms with Crippen molar-refractivity contribution in [2.45, 2.75) is 44.6 Å². The van der Waals surface area contributed by atoms with Crippen LogP contribution in [0.2, 0.25) is 0 Å². The van der Waals surface area contributed by atoms with Crippen LogP contribution in [0, 0.1) is 5.92 Å². The number of rotatable bonds is 6. The average molecular weight is 317 g/mol. The Balaban J connectivity index is 1.42. The Kier molecular flexibility index (Phi) is 5.11. The molecule has 0 bridgehead atoms. The first kappa shape index (κ1) is 15.5. The van der Waals surface area contributed by atoms with Crippen LogP contribution in [-0.4, -0.2) is 23.7 Å². The number of thiophene rings is 1. The van der Waals surface area contributed by atoms with E-state index in [2.05, 4.69) is 35.0 Å². The first-order chi connectivity index (χ1) is 10.7. The lowest BCUT2D eigenvalue weighted by Gasteiger charge is -2.14. The Bertz CT molecular complexity index is 637. The maximum absolute atomic E-state index is 11.9. The number of aryl methyl sites for hydroxylation is 1. The molecule has 1 saturated carbocycles. The van der Waals surface area contributed by atoms with E-state index in [-0.39, 0.29) is 17.9 Å². The number of carbonyl (C=O) groups is 1. The van der Waals surface area contributed by atoms with Gasteiger partial charge in [-0.05, 0) is 48.1 Å². The highest BCUT2D eigenvalue weighted by molar-refractivity contribution is 7.17. The number of amides is 1. The molecule has 3 rings (SSSR count). The van der Waals surface area contributed by atoms with Crippen molar-refractivity contribution in [3.05, 3.63) is 35.2 Å². The molecule has 2 unspecified atom stereocenters. The first-order valence-electron chi connectivity index (χ1n) is 8.14. The minimum absolute atomic E-state index is 0.110. The van der Waals surface area contributed by atoms with Crippen molar-refractivity contribution in [1.82, 2.24) is 5.32 Å². The van der Waals surface area contributed by atoms with E-state index in [0.29, 0.717) is 13.0 Å². The largest absolute Gasteiger partial charge is 0.393 e. The minimum atomic E-state index is -0.225. The second-order valence-electron chi connectivity index (χ2n) is 6.17. The molecule has 0 spiro atoms. The van der Waals surface area contributed by atoms with Crippen molar-refractivity contribution >= 4 is 27.3 Å². The molecule has 1 aromatic heterocycles. The molecule has 0 saturated heterocycles. The van der Waals surface area contributed by atoms with Gasteiger partial charge in [-0.2, -0.15) is 0 Å². The molecule has 118 valence electrons. The monoisotopic (exact) mass is 317 g/mol. The molecule has 1 aliphatic carbocycles. The van der Waals surface area contributed by atoms with Gasteiger partial charge >= 0.3 is 0 Å². The van der Waals surface area contributed by atoms with Gasteiger partial charge in [-0.3, -0.25) is 4.79 Å². The fraction of sp³-hybridized carbons (Fsp3) is 0.500. The summed E-state index contributed by atoms with van der Waals surface area (Å²) in [6, 6.07) is 8.43. The van der Waals surface area contributed by atoms with Gasteiger partial charge < -0.3 is 10.4 Å². The molecule has 1 amide bonds. The van der Waals surface area contributed by atoms with Crippen LogP contribution in [0.15, 0.2) is 29.6 Å². The third-order valence-electron chi connectivity index (χ3n) is 4.59. The van der Waals surface area contributed by atoms with E-state index in [0.717, 1.165) is 32.1 Å². The number of hydrogen-bond acceptors (Lipinski definition) is 3. The maximum Gasteiger partial charge on any atom is 0.220 e. The Hall–Kier alpha value is -1.39. The third-order valence-corrected chi connectivity index (χ3v) is 5.60.